The van der Waals surface area contributed by atoms with Crippen LogP contribution in [0.5, 0.6) is 5.88 Å². The van der Waals surface area contributed by atoms with Gasteiger partial charge in [0.2, 0.25) is 5.88 Å². The molecule has 1 atom stereocenters. The van der Waals surface area contributed by atoms with Crippen molar-refractivity contribution < 1.29 is 19.1 Å². The highest BCUT2D eigenvalue weighted by atomic mass is 32.2. The van der Waals surface area contributed by atoms with E-state index in [4.69, 9.17) is 15.6 Å². The van der Waals surface area contributed by atoms with Gasteiger partial charge in [0.05, 0.1) is 0 Å². The Morgan fingerprint density at radius 1 is 1.34 bits per heavy atom. The Morgan fingerprint density at radius 3 is 2.79 bits per heavy atom. The molecule has 2 heterocycles. The number of pyridine rings is 1. The molecule has 0 aromatic carbocycles. The predicted molar refractivity (Wildman–Crippen MR) is 107 cm³/mol. The van der Waals surface area contributed by atoms with Gasteiger partial charge in [0.15, 0.2) is 0 Å². The molecule has 0 bridgehead atoms. The lowest BCUT2D eigenvalue weighted by Crippen LogP contribution is -2.60. The number of carbonyl (C=O) groups is 3. The summed E-state index contributed by atoms with van der Waals surface area (Å²) in [6.07, 6.45) is 6.16. The fraction of sp³-hybridized carbons (Fsp3) is 0.579. The van der Waals surface area contributed by atoms with E-state index in [0.29, 0.717) is 6.42 Å². The smallest absolute Gasteiger partial charge is 0.325 e. The summed E-state index contributed by atoms with van der Waals surface area (Å²) in [6, 6.07) is 2.48. The van der Waals surface area contributed by atoms with Crippen molar-refractivity contribution in [2.24, 2.45) is 16.3 Å². The fourth-order valence-electron chi connectivity index (χ4n) is 4.74. The maximum absolute atomic E-state index is 12.6. The summed E-state index contributed by atoms with van der Waals surface area (Å²) < 4.78 is 5.86. The summed E-state index contributed by atoms with van der Waals surface area (Å²) in [5, 5.41) is 8.21. The summed E-state index contributed by atoms with van der Waals surface area (Å²) in [5.41, 5.74) is 5.74. The lowest BCUT2D eigenvalue weighted by molar-refractivity contribution is -0.140. The van der Waals surface area contributed by atoms with Crippen LogP contribution in [0.25, 0.3) is 0 Å². The van der Waals surface area contributed by atoms with Crippen LogP contribution in [0.1, 0.15) is 48.9 Å². The number of amides is 4. The molecular formula is C19H25N5O4S. The van der Waals surface area contributed by atoms with E-state index in [1.165, 1.54) is 16.8 Å². The second-order valence-corrected chi connectivity index (χ2v) is 8.90. The molecule has 1 aliphatic heterocycles. The second-order valence-electron chi connectivity index (χ2n) is 8.15. The number of hydrogen-bond acceptors (Lipinski definition) is 7. The van der Waals surface area contributed by atoms with E-state index in [2.05, 4.69) is 10.3 Å². The molecule has 29 heavy (non-hydrogen) atoms. The highest BCUT2D eigenvalue weighted by molar-refractivity contribution is 7.97. The molecule has 5 N–H and O–H groups in total. The van der Waals surface area contributed by atoms with Crippen LogP contribution in [-0.2, 0) is 4.79 Å². The lowest BCUT2D eigenvalue weighted by atomic mass is 9.52. The van der Waals surface area contributed by atoms with E-state index in [0.717, 1.165) is 37.9 Å². The van der Waals surface area contributed by atoms with E-state index in [1.54, 1.807) is 18.3 Å². The van der Waals surface area contributed by atoms with Crippen LogP contribution in [0.3, 0.4) is 0 Å². The molecule has 0 radical (unpaired) electrons. The first kappa shape index (κ1) is 20.0. The van der Waals surface area contributed by atoms with Crippen molar-refractivity contribution >= 4 is 29.8 Å². The Hall–Kier alpha value is -2.33. The number of imide groups is 1. The Labute approximate surface area is 173 Å². The number of hydrogen-bond donors (Lipinski definition) is 3. The van der Waals surface area contributed by atoms with Gasteiger partial charge in [-0.1, -0.05) is 11.9 Å². The standard InChI is InChI=1S/C19H25N5O4S/c20-15(25)13-3-1-5-22-16(13)28-12-9-19(10-12)7-11(8-19)24-17(26)14(23-18(24)27)4-2-6-29-21/h1,3,5,11-12,14H,2,4,6-10,21H2,(H2,20,25)(H,23,27). The molecule has 4 amide bonds. The molecule has 1 spiro atoms. The zero-order valence-corrected chi connectivity index (χ0v) is 16.8. The van der Waals surface area contributed by atoms with E-state index in [-0.39, 0.29) is 40.9 Å². The van der Waals surface area contributed by atoms with Gasteiger partial charge in [-0.15, -0.1) is 0 Å². The normalized spacial score (nSPS) is 30.7. The van der Waals surface area contributed by atoms with Crippen LogP contribution >= 0.6 is 11.9 Å². The fourth-order valence-corrected chi connectivity index (χ4v) is 5.07. The van der Waals surface area contributed by atoms with Gasteiger partial charge in [-0.3, -0.25) is 19.6 Å². The SMILES string of the molecule is NSCCCC1NC(=O)N(C2CC3(CC(Oc4ncccc4C(N)=O)C3)C2)C1=O. The van der Waals surface area contributed by atoms with Crippen LogP contribution in [0.4, 0.5) is 4.79 Å². The zero-order valence-electron chi connectivity index (χ0n) is 16.0. The van der Waals surface area contributed by atoms with Crippen LogP contribution in [0.15, 0.2) is 18.3 Å². The van der Waals surface area contributed by atoms with Gasteiger partial charge in [0, 0.05) is 18.0 Å². The number of nitrogens with one attached hydrogen (secondary N) is 1. The van der Waals surface area contributed by atoms with Crippen molar-refractivity contribution in [3.05, 3.63) is 23.9 Å². The van der Waals surface area contributed by atoms with Crippen molar-refractivity contribution in [2.75, 3.05) is 5.75 Å². The Balaban J connectivity index is 1.28. The van der Waals surface area contributed by atoms with E-state index >= 15 is 0 Å². The van der Waals surface area contributed by atoms with E-state index in [1.807, 2.05) is 0 Å². The average molecular weight is 420 g/mol. The van der Waals surface area contributed by atoms with E-state index < -0.39 is 11.9 Å². The molecule has 3 aliphatic rings. The van der Waals surface area contributed by atoms with Crippen molar-refractivity contribution in [3.63, 3.8) is 0 Å². The third kappa shape index (κ3) is 3.78. The third-order valence-corrected chi connectivity index (χ3v) is 6.67. The van der Waals surface area contributed by atoms with Gasteiger partial charge < -0.3 is 15.8 Å². The summed E-state index contributed by atoms with van der Waals surface area (Å²) >= 11 is 1.24. The van der Waals surface area contributed by atoms with Crippen molar-refractivity contribution in [2.45, 2.75) is 56.7 Å². The molecule has 4 rings (SSSR count). The topological polar surface area (TPSA) is 141 Å². The molecule has 2 saturated carbocycles. The Bertz CT molecular complexity index is 821. The molecule has 3 fully saturated rings. The number of nitrogens with zero attached hydrogens (tertiary/aromatic N) is 2. The highest BCUT2D eigenvalue weighted by Crippen LogP contribution is 2.58. The predicted octanol–water partition coefficient (Wildman–Crippen LogP) is 1.18. The van der Waals surface area contributed by atoms with Crippen LogP contribution < -0.4 is 20.9 Å². The minimum atomic E-state index is -0.566. The number of primary amides is 1. The highest BCUT2D eigenvalue weighted by Gasteiger charge is 2.58. The van der Waals surface area contributed by atoms with Crippen LogP contribution in [0.2, 0.25) is 0 Å². The van der Waals surface area contributed by atoms with Gasteiger partial charge in [-0.25, -0.2) is 9.78 Å². The number of aromatic nitrogens is 1. The van der Waals surface area contributed by atoms with E-state index in [9.17, 15) is 14.4 Å². The largest absolute Gasteiger partial charge is 0.474 e. The van der Waals surface area contributed by atoms with Crippen molar-refractivity contribution in [3.8, 4) is 5.88 Å². The lowest BCUT2D eigenvalue weighted by Gasteiger charge is -2.58. The molecule has 1 saturated heterocycles. The summed E-state index contributed by atoms with van der Waals surface area (Å²) in [6.45, 7) is 0. The number of ether oxygens (including phenoxy) is 1. The number of carbonyl (C=O) groups excluding carboxylic acids is 3. The Morgan fingerprint density at radius 2 is 2.10 bits per heavy atom. The first-order valence-electron chi connectivity index (χ1n) is 9.79. The molecule has 1 unspecified atom stereocenters. The molecule has 1 aromatic rings. The van der Waals surface area contributed by atoms with Crippen LogP contribution in [-0.4, -0.2) is 51.7 Å². The van der Waals surface area contributed by atoms with Gasteiger partial charge in [-0.2, -0.15) is 0 Å². The Kier molecular flexibility index (Phi) is 5.39. The van der Waals surface area contributed by atoms with Gasteiger partial charge in [-0.05, 0) is 56.1 Å². The average Bonchev–Trinajstić information content (AvgIpc) is 2.90. The number of urea groups is 1. The molecule has 156 valence electrons. The minimum Gasteiger partial charge on any atom is -0.474 e. The number of nitrogens with two attached hydrogens (primary N) is 2. The maximum atomic E-state index is 12.6. The number of rotatable bonds is 8. The molecule has 9 nitrogen and oxygen atoms in total. The summed E-state index contributed by atoms with van der Waals surface area (Å²) in [7, 11) is 0. The molecule has 2 aliphatic carbocycles. The first-order chi connectivity index (χ1) is 13.9. The zero-order chi connectivity index (χ0) is 20.6. The quantitative estimate of drug-likeness (QED) is 0.326. The summed E-state index contributed by atoms with van der Waals surface area (Å²) in [5.74, 6) is 0.345. The second kappa shape index (κ2) is 7.83. The minimum absolute atomic E-state index is 0.0337. The summed E-state index contributed by atoms with van der Waals surface area (Å²) in [4.78, 5) is 41.9. The molecule has 1 aromatic heterocycles. The monoisotopic (exact) mass is 419 g/mol. The molecule has 10 heteroatoms. The van der Waals surface area contributed by atoms with Gasteiger partial charge in [0.1, 0.15) is 17.7 Å². The maximum Gasteiger partial charge on any atom is 0.325 e. The van der Waals surface area contributed by atoms with Crippen LogP contribution in [0, 0.1) is 5.41 Å². The first-order valence-corrected chi connectivity index (χ1v) is 10.8. The van der Waals surface area contributed by atoms with Crippen molar-refractivity contribution in [1.29, 1.82) is 0 Å². The van der Waals surface area contributed by atoms with Gasteiger partial charge in [0.25, 0.3) is 11.8 Å². The molecular weight excluding hydrogens is 394 g/mol. The van der Waals surface area contributed by atoms with Crippen molar-refractivity contribution in [1.82, 2.24) is 15.2 Å². The van der Waals surface area contributed by atoms with Gasteiger partial charge >= 0.3 is 6.03 Å². The third-order valence-electron chi connectivity index (χ3n) is 6.15.